The summed E-state index contributed by atoms with van der Waals surface area (Å²) in [4.78, 5) is 12.1. The van der Waals surface area contributed by atoms with Gasteiger partial charge in [0.05, 0.1) is 6.04 Å². The molecule has 20 heavy (non-hydrogen) atoms. The molecule has 1 unspecified atom stereocenters. The van der Waals surface area contributed by atoms with Gasteiger partial charge in [-0.25, -0.2) is 0 Å². The zero-order valence-electron chi connectivity index (χ0n) is 12.3. The van der Waals surface area contributed by atoms with Gasteiger partial charge in [0, 0.05) is 12.2 Å². The Morgan fingerprint density at radius 3 is 2.65 bits per heavy atom. The Bertz CT molecular complexity index is 401. The second kappa shape index (κ2) is 8.35. The average molecular weight is 291 g/mol. The van der Waals surface area contributed by atoms with Crippen LogP contribution >= 0.6 is 11.8 Å². The van der Waals surface area contributed by atoms with Crippen LogP contribution in [0, 0.1) is 5.92 Å². The molecule has 2 nitrogen and oxygen atoms in total. The number of hydrogen-bond acceptors (Lipinski definition) is 2. The Kier molecular flexibility index (Phi) is 6.44. The maximum Gasteiger partial charge on any atom is 0.221 e. The van der Waals surface area contributed by atoms with E-state index in [9.17, 15) is 4.79 Å². The van der Waals surface area contributed by atoms with Crippen LogP contribution in [0.3, 0.4) is 0 Å². The van der Waals surface area contributed by atoms with Crippen LogP contribution in [0.4, 0.5) is 0 Å². The summed E-state index contributed by atoms with van der Waals surface area (Å²) < 4.78 is 0. The lowest BCUT2D eigenvalue weighted by Crippen LogP contribution is -2.32. The standard InChI is InChI=1S/C17H25NOS/c1-2-20-13-12-16(19)18-17(15-10-6-7-11-15)14-8-4-3-5-9-14/h3-5,8-9,15,17H,2,6-7,10-13H2,1H3,(H,18,19). The van der Waals surface area contributed by atoms with Crippen molar-refractivity contribution < 1.29 is 4.79 Å². The molecule has 2 rings (SSSR count). The molecule has 1 aromatic rings. The van der Waals surface area contributed by atoms with Crippen molar-refractivity contribution in [3.8, 4) is 0 Å². The van der Waals surface area contributed by atoms with Crippen molar-refractivity contribution in [2.45, 2.75) is 45.1 Å². The van der Waals surface area contributed by atoms with Crippen LogP contribution in [0.1, 0.15) is 50.6 Å². The summed E-state index contributed by atoms with van der Waals surface area (Å²) in [6.45, 7) is 2.13. The fraction of sp³-hybridized carbons (Fsp3) is 0.588. The van der Waals surface area contributed by atoms with Gasteiger partial charge >= 0.3 is 0 Å². The largest absolute Gasteiger partial charge is 0.349 e. The highest BCUT2D eigenvalue weighted by molar-refractivity contribution is 7.99. The summed E-state index contributed by atoms with van der Waals surface area (Å²) >= 11 is 1.83. The molecule has 110 valence electrons. The van der Waals surface area contributed by atoms with E-state index in [1.165, 1.54) is 31.2 Å². The molecule has 1 aliphatic carbocycles. The van der Waals surface area contributed by atoms with Gasteiger partial charge in [-0.05, 0) is 30.1 Å². The fourth-order valence-corrected chi connectivity index (χ4v) is 3.60. The Morgan fingerprint density at radius 2 is 2.00 bits per heavy atom. The Balaban J connectivity index is 1.98. The van der Waals surface area contributed by atoms with E-state index >= 15 is 0 Å². The highest BCUT2D eigenvalue weighted by Gasteiger charge is 2.27. The van der Waals surface area contributed by atoms with E-state index in [2.05, 4.69) is 36.5 Å². The first-order valence-corrected chi connectivity index (χ1v) is 8.88. The van der Waals surface area contributed by atoms with Gasteiger partial charge in [0.1, 0.15) is 0 Å². The molecule has 3 heteroatoms. The van der Waals surface area contributed by atoms with Crippen LogP contribution in [0.2, 0.25) is 0 Å². The zero-order valence-corrected chi connectivity index (χ0v) is 13.1. The van der Waals surface area contributed by atoms with Crippen molar-refractivity contribution in [3.05, 3.63) is 35.9 Å². The maximum absolute atomic E-state index is 12.1. The van der Waals surface area contributed by atoms with Crippen molar-refractivity contribution in [3.63, 3.8) is 0 Å². The molecule has 1 fully saturated rings. The Hall–Kier alpha value is -0.960. The topological polar surface area (TPSA) is 29.1 Å². The SMILES string of the molecule is CCSCCC(=O)NC(c1ccccc1)C1CCCC1. The number of hydrogen-bond donors (Lipinski definition) is 1. The molecule has 1 aromatic carbocycles. The normalized spacial score (nSPS) is 17.1. The van der Waals surface area contributed by atoms with Crippen molar-refractivity contribution >= 4 is 17.7 Å². The summed E-state index contributed by atoms with van der Waals surface area (Å²) in [7, 11) is 0. The molecule has 1 aliphatic rings. The van der Waals surface area contributed by atoms with Crippen LogP contribution in [-0.4, -0.2) is 17.4 Å². The van der Waals surface area contributed by atoms with Gasteiger partial charge in [-0.15, -0.1) is 0 Å². The van der Waals surface area contributed by atoms with Crippen molar-refractivity contribution in [1.82, 2.24) is 5.32 Å². The third kappa shape index (κ3) is 4.55. The quantitative estimate of drug-likeness (QED) is 0.764. The van der Waals surface area contributed by atoms with E-state index in [0.717, 1.165) is 11.5 Å². The molecule has 0 aromatic heterocycles. The molecule has 0 bridgehead atoms. The van der Waals surface area contributed by atoms with Gasteiger partial charge in [-0.3, -0.25) is 4.79 Å². The molecule has 0 saturated heterocycles. The van der Waals surface area contributed by atoms with Gasteiger partial charge in [-0.1, -0.05) is 50.1 Å². The van der Waals surface area contributed by atoms with Crippen molar-refractivity contribution in [2.75, 3.05) is 11.5 Å². The molecule has 1 N–H and O–H groups in total. The van der Waals surface area contributed by atoms with Crippen molar-refractivity contribution in [1.29, 1.82) is 0 Å². The van der Waals surface area contributed by atoms with Gasteiger partial charge in [0.25, 0.3) is 0 Å². The van der Waals surface area contributed by atoms with Crippen LogP contribution in [-0.2, 0) is 4.79 Å². The maximum atomic E-state index is 12.1. The summed E-state index contributed by atoms with van der Waals surface area (Å²) in [5.41, 5.74) is 1.26. The van der Waals surface area contributed by atoms with Gasteiger partial charge < -0.3 is 5.32 Å². The van der Waals surface area contributed by atoms with E-state index in [-0.39, 0.29) is 11.9 Å². The van der Waals surface area contributed by atoms with E-state index < -0.39 is 0 Å². The predicted octanol–water partition coefficient (Wildman–Crippen LogP) is 4.18. The van der Waals surface area contributed by atoms with E-state index in [1.807, 2.05) is 17.8 Å². The monoisotopic (exact) mass is 291 g/mol. The van der Waals surface area contributed by atoms with Crippen molar-refractivity contribution in [2.24, 2.45) is 5.92 Å². The number of amides is 1. The zero-order chi connectivity index (χ0) is 14.2. The molecule has 1 saturated carbocycles. The number of benzene rings is 1. The Morgan fingerprint density at radius 1 is 1.30 bits per heavy atom. The van der Waals surface area contributed by atoms with E-state index in [0.29, 0.717) is 12.3 Å². The minimum Gasteiger partial charge on any atom is -0.349 e. The summed E-state index contributed by atoms with van der Waals surface area (Å²) in [6.07, 6.45) is 5.72. The number of thioether (sulfide) groups is 1. The number of carbonyl (C=O) groups is 1. The molecule has 1 amide bonds. The second-order valence-electron chi connectivity index (χ2n) is 5.45. The van der Waals surface area contributed by atoms with Gasteiger partial charge in [-0.2, -0.15) is 11.8 Å². The smallest absolute Gasteiger partial charge is 0.221 e. The first kappa shape index (κ1) is 15.4. The second-order valence-corrected chi connectivity index (χ2v) is 6.84. The molecular weight excluding hydrogens is 266 g/mol. The number of rotatable bonds is 7. The lowest BCUT2D eigenvalue weighted by atomic mass is 9.91. The predicted molar refractivity (Wildman–Crippen MR) is 86.9 cm³/mol. The summed E-state index contributed by atoms with van der Waals surface area (Å²) in [5, 5.41) is 3.28. The highest BCUT2D eigenvalue weighted by Crippen LogP contribution is 2.35. The molecule has 0 spiro atoms. The van der Waals surface area contributed by atoms with Crippen LogP contribution in [0.25, 0.3) is 0 Å². The van der Waals surface area contributed by atoms with Crippen LogP contribution < -0.4 is 5.32 Å². The van der Waals surface area contributed by atoms with Crippen LogP contribution in [0.5, 0.6) is 0 Å². The number of nitrogens with one attached hydrogen (secondary N) is 1. The fourth-order valence-electron chi connectivity index (χ4n) is 2.98. The van der Waals surface area contributed by atoms with E-state index in [4.69, 9.17) is 0 Å². The first-order chi connectivity index (χ1) is 9.81. The summed E-state index contributed by atoms with van der Waals surface area (Å²) in [5.74, 6) is 2.82. The average Bonchev–Trinajstić information content (AvgIpc) is 3.00. The first-order valence-electron chi connectivity index (χ1n) is 7.73. The molecule has 0 radical (unpaired) electrons. The number of carbonyl (C=O) groups excluding carboxylic acids is 1. The summed E-state index contributed by atoms with van der Waals surface area (Å²) in [6, 6.07) is 10.7. The Labute approximate surface area is 126 Å². The van der Waals surface area contributed by atoms with Gasteiger partial charge in [0.2, 0.25) is 5.91 Å². The minimum atomic E-state index is 0.201. The lowest BCUT2D eigenvalue weighted by Gasteiger charge is -2.25. The molecular formula is C17H25NOS. The molecule has 0 heterocycles. The van der Waals surface area contributed by atoms with Crippen LogP contribution in [0.15, 0.2) is 30.3 Å². The third-order valence-corrected chi connectivity index (χ3v) is 4.93. The van der Waals surface area contributed by atoms with Gasteiger partial charge in [0.15, 0.2) is 0 Å². The van der Waals surface area contributed by atoms with E-state index in [1.54, 1.807) is 0 Å². The third-order valence-electron chi connectivity index (χ3n) is 4.02. The molecule has 0 aliphatic heterocycles. The minimum absolute atomic E-state index is 0.201. The molecule has 1 atom stereocenters. The highest BCUT2D eigenvalue weighted by atomic mass is 32.2. The lowest BCUT2D eigenvalue weighted by molar-refractivity contribution is -0.121.